The maximum absolute atomic E-state index is 13.2. The van der Waals surface area contributed by atoms with E-state index in [1.807, 2.05) is 19.1 Å². The van der Waals surface area contributed by atoms with Crippen molar-refractivity contribution in [2.24, 2.45) is 0 Å². The smallest absolute Gasteiger partial charge is 0.308 e. The summed E-state index contributed by atoms with van der Waals surface area (Å²) in [4.78, 5) is 39.1. The van der Waals surface area contributed by atoms with Gasteiger partial charge in [0.25, 0.3) is 11.7 Å². The number of aliphatic hydroxyl groups excluding tert-OH is 1. The van der Waals surface area contributed by atoms with E-state index in [9.17, 15) is 19.5 Å². The van der Waals surface area contributed by atoms with E-state index in [1.165, 1.54) is 30.0 Å². The molecule has 1 amide bonds. The molecule has 0 saturated carbocycles. The maximum atomic E-state index is 13.2. The van der Waals surface area contributed by atoms with Crippen LogP contribution in [0.5, 0.6) is 5.75 Å². The van der Waals surface area contributed by atoms with Gasteiger partial charge in [-0.1, -0.05) is 54.4 Å². The van der Waals surface area contributed by atoms with E-state index in [2.05, 4.69) is 0 Å². The lowest BCUT2D eigenvalue weighted by Crippen LogP contribution is -2.29. The number of benzene rings is 3. The second-order valence-electron chi connectivity index (χ2n) is 7.98. The Morgan fingerprint density at radius 2 is 1.63 bits per heavy atom. The Kier molecular flexibility index (Phi) is 6.96. The van der Waals surface area contributed by atoms with Crippen LogP contribution in [0.15, 0.2) is 72.3 Å². The Bertz CT molecular complexity index is 1350. The lowest BCUT2D eigenvalue weighted by Gasteiger charge is -2.25. The number of Topliss-reactive ketones (excluding diaryl/α,β-unsaturated/α-hetero) is 1. The number of aliphatic hydroxyl groups is 1. The van der Waals surface area contributed by atoms with Gasteiger partial charge < -0.3 is 9.84 Å². The van der Waals surface area contributed by atoms with E-state index in [0.717, 1.165) is 12.0 Å². The van der Waals surface area contributed by atoms with Crippen molar-refractivity contribution in [2.45, 2.75) is 26.3 Å². The van der Waals surface area contributed by atoms with Gasteiger partial charge in [-0.15, -0.1) is 0 Å². The van der Waals surface area contributed by atoms with E-state index < -0.39 is 23.7 Å². The summed E-state index contributed by atoms with van der Waals surface area (Å²) in [6.07, 6.45) is 0.817. The van der Waals surface area contributed by atoms with Gasteiger partial charge in [0.2, 0.25) is 0 Å². The number of ether oxygens (including phenoxy) is 1. The van der Waals surface area contributed by atoms with Crippen molar-refractivity contribution in [2.75, 3.05) is 4.90 Å². The molecule has 3 aromatic carbocycles. The highest BCUT2D eigenvalue weighted by molar-refractivity contribution is 6.51. The van der Waals surface area contributed by atoms with E-state index in [1.54, 1.807) is 36.4 Å². The highest BCUT2D eigenvalue weighted by Gasteiger charge is 2.47. The number of halogens is 2. The predicted octanol–water partition coefficient (Wildman–Crippen LogP) is 6.11. The fraction of sp³-hybridized carbons (Fsp3) is 0.148. The molecule has 0 aliphatic carbocycles. The van der Waals surface area contributed by atoms with Crippen LogP contribution in [0.4, 0.5) is 5.69 Å². The molecule has 35 heavy (non-hydrogen) atoms. The SMILES string of the molecule is CCc1ccc(N2C(=O)C(=O)/C(=C(\O)c3ccc(Cl)c(Cl)c3)C2c2ccc(OC(C)=O)cc2)cc1. The van der Waals surface area contributed by atoms with Crippen molar-refractivity contribution in [3.63, 3.8) is 0 Å². The first kappa shape index (κ1) is 24.5. The molecule has 0 aromatic heterocycles. The molecule has 178 valence electrons. The molecule has 1 saturated heterocycles. The van der Waals surface area contributed by atoms with Gasteiger partial charge in [0.15, 0.2) is 0 Å². The molecular weight excluding hydrogens is 489 g/mol. The standard InChI is InChI=1S/C27H21Cl2NO5/c1-3-16-4-9-19(10-5-16)30-24(17-6-11-20(12-7-17)35-15(2)31)23(26(33)27(30)34)25(32)18-8-13-21(28)22(29)14-18/h4-14,24,32H,3H2,1-2H3/b25-23-. The minimum atomic E-state index is -0.927. The van der Waals surface area contributed by atoms with Gasteiger partial charge >= 0.3 is 5.97 Å². The van der Waals surface area contributed by atoms with Gasteiger partial charge in [-0.05, 0) is 60.0 Å². The second kappa shape index (κ2) is 9.94. The summed E-state index contributed by atoms with van der Waals surface area (Å²) in [5, 5.41) is 11.7. The maximum Gasteiger partial charge on any atom is 0.308 e. The summed E-state index contributed by atoms with van der Waals surface area (Å²) in [6.45, 7) is 3.31. The molecule has 1 heterocycles. The van der Waals surface area contributed by atoms with Crippen LogP contribution in [0.1, 0.15) is 36.6 Å². The molecule has 0 spiro atoms. The summed E-state index contributed by atoms with van der Waals surface area (Å²) in [5.74, 6) is -2.13. The van der Waals surface area contributed by atoms with E-state index in [4.69, 9.17) is 27.9 Å². The summed E-state index contributed by atoms with van der Waals surface area (Å²) < 4.78 is 5.10. The van der Waals surface area contributed by atoms with E-state index in [0.29, 0.717) is 17.0 Å². The van der Waals surface area contributed by atoms with Crippen LogP contribution in [-0.4, -0.2) is 22.8 Å². The largest absolute Gasteiger partial charge is 0.507 e. The number of nitrogens with zero attached hydrogens (tertiary/aromatic N) is 1. The van der Waals surface area contributed by atoms with Crippen molar-refractivity contribution in [1.82, 2.24) is 0 Å². The highest BCUT2D eigenvalue weighted by atomic mass is 35.5. The molecule has 0 bridgehead atoms. The average Bonchev–Trinajstić information content (AvgIpc) is 3.11. The summed E-state index contributed by atoms with van der Waals surface area (Å²) in [7, 11) is 0. The number of aryl methyl sites for hydroxylation is 1. The Balaban J connectivity index is 1.89. The molecule has 1 atom stereocenters. The topological polar surface area (TPSA) is 83.9 Å². The molecule has 1 N–H and O–H groups in total. The van der Waals surface area contributed by atoms with Gasteiger partial charge in [-0.25, -0.2) is 0 Å². The van der Waals surface area contributed by atoms with Crippen LogP contribution in [-0.2, 0) is 20.8 Å². The number of esters is 1. The fourth-order valence-electron chi connectivity index (χ4n) is 3.99. The number of hydrogen-bond acceptors (Lipinski definition) is 5. The van der Waals surface area contributed by atoms with Crippen molar-refractivity contribution < 1.29 is 24.2 Å². The van der Waals surface area contributed by atoms with E-state index in [-0.39, 0.29) is 26.9 Å². The van der Waals surface area contributed by atoms with Gasteiger partial charge in [0.1, 0.15) is 11.5 Å². The fourth-order valence-corrected chi connectivity index (χ4v) is 4.29. The first-order valence-corrected chi connectivity index (χ1v) is 11.6. The number of carbonyl (C=O) groups is 3. The number of ketones is 1. The van der Waals surface area contributed by atoms with Crippen LogP contribution in [0.25, 0.3) is 5.76 Å². The van der Waals surface area contributed by atoms with Gasteiger partial charge in [-0.2, -0.15) is 0 Å². The summed E-state index contributed by atoms with van der Waals surface area (Å²) in [6, 6.07) is 17.2. The van der Waals surface area contributed by atoms with Crippen molar-refractivity contribution in [1.29, 1.82) is 0 Å². The van der Waals surface area contributed by atoms with Crippen LogP contribution in [0, 0.1) is 0 Å². The number of amides is 1. The third-order valence-electron chi connectivity index (χ3n) is 5.72. The van der Waals surface area contributed by atoms with Crippen molar-refractivity contribution in [3.8, 4) is 5.75 Å². The number of rotatable bonds is 5. The zero-order valence-corrected chi connectivity index (χ0v) is 20.4. The zero-order valence-electron chi connectivity index (χ0n) is 18.9. The van der Waals surface area contributed by atoms with Gasteiger partial charge in [0, 0.05) is 18.2 Å². The monoisotopic (exact) mass is 509 g/mol. The Hall–Kier alpha value is -3.61. The molecule has 0 radical (unpaired) electrons. The minimum Gasteiger partial charge on any atom is -0.507 e. The third kappa shape index (κ3) is 4.81. The summed E-state index contributed by atoms with van der Waals surface area (Å²) >= 11 is 12.1. The molecule has 3 aromatic rings. The normalized spacial score (nSPS) is 17.0. The molecular formula is C27H21Cl2NO5. The van der Waals surface area contributed by atoms with E-state index >= 15 is 0 Å². The molecule has 6 nitrogen and oxygen atoms in total. The Labute approximate surface area is 212 Å². The Morgan fingerprint density at radius 3 is 2.20 bits per heavy atom. The molecule has 1 unspecified atom stereocenters. The third-order valence-corrected chi connectivity index (χ3v) is 6.46. The molecule has 8 heteroatoms. The van der Waals surface area contributed by atoms with Crippen LogP contribution in [0.2, 0.25) is 10.0 Å². The van der Waals surface area contributed by atoms with Crippen molar-refractivity contribution in [3.05, 3.63) is 99.0 Å². The van der Waals surface area contributed by atoms with Gasteiger partial charge in [-0.3, -0.25) is 19.3 Å². The van der Waals surface area contributed by atoms with Crippen LogP contribution >= 0.6 is 23.2 Å². The lowest BCUT2D eigenvalue weighted by atomic mass is 9.95. The average molecular weight is 510 g/mol. The lowest BCUT2D eigenvalue weighted by molar-refractivity contribution is -0.132. The molecule has 4 rings (SSSR count). The quantitative estimate of drug-likeness (QED) is 0.147. The first-order chi connectivity index (χ1) is 16.7. The number of hydrogen-bond donors (Lipinski definition) is 1. The van der Waals surface area contributed by atoms with Gasteiger partial charge in [0.05, 0.1) is 21.7 Å². The minimum absolute atomic E-state index is 0.0896. The highest BCUT2D eigenvalue weighted by Crippen LogP contribution is 2.43. The van der Waals surface area contributed by atoms with Crippen LogP contribution in [0.3, 0.4) is 0 Å². The first-order valence-electron chi connectivity index (χ1n) is 10.8. The van der Waals surface area contributed by atoms with Crippen LogP contribution < -0.4 is 9.64 Å². The Morgan fingerprint density at radius 1 is 0.971 bits per heavy atom. The second-order valence-corrected chi connectivity index (χ2v) is 8.80. The summed E-state index contributed by atoms with van der Waals surface area (Å²) in [5.41, 5.74) is 2.28. The number of carbonyl (C=O) groups excluding carboxylic acids is 3. The predicted molar refractivity (Wildman–Crippen MR) is 135 cm³/mol. The molecule has 1 aliphatic rings. The number of anilines is 1. The molecule has 1 fully saturated rings. The zero-order chi connectivity index (χ0) is 25.3. The molecule has 1 aliphatic heterocycles. The van der Waals surface area contributed by atoms with Crippen molar-refractivity contribution >= 4 is 52.3 Å².